The predicted octanol–water partition coefficient (Wildman–Crippen LogP) is 3.70. The van der Waals surface area contributed by atoms with E-state index in [0.717, 1.165) is 35.5 Å². The number of carbonyl (C=O) groups excluding carboxylic acids is 1. The van der Waals surface area contributed by atoms with Gasteiger partial charge in [0.15, 0.2) is 0 Å². The van der Waals surface area contributed by atoms with Gasteiger partial charge in [-0.3, -0.25) is 9.89 Å². The summed E-state index contributed by atoms with van der Waals surface area (Å²) in [4.78, 5) is 19.4. The van der Waals surface area contributed by atoms with E-state index >= 15 is 0 Å². The van der Waals surface area contributed by atoms with E-state index in [1.165, 1.54) is 5.56 Å². The number of hydrogen-bond acceptors (Lipinski definition) is 3. The van der Waals surface area contributed by atoms with Gasteiger partial charge in [-0.1, -0.05) is 42.5 Å². The highest BCUT2D eigenvalue weighted by Gasteiger charge is 2.34. The number of imidazole rings is 1. The largest absolute Gasteiger partial charge is 0.330 e. The highest BCUT2D eigenvalue weighted by atomic mass is 16.2. The van der Waals surface area contributed by atoms with Gasteiger partial charge < -0.3 is 9.47 Å². The van der Waals surface area contributed by atoms with Crippen molar-refractivity contribution < 1.29 is 4.79 Å². The summed E-state index contributed by atoms with van der Waals surface area (Å²) in [6.07, 6.45) is 0.993. The number of amides is 1. The molecular weight excluding hydrogens is 350 g/mol. The molecule has 6 nitrogen and oxygen atoms in total. The molecular formula is C22H21N5O. The lowest BCUT2D eigenvalue weighted by atomic mass is 9.94. The summed E-state index contributed by atoms with van der Waals surface area (Å²) in [5.41, 5.74) is 4.60. The van der Waals surface area contributed by atoms with Crippen LogP contribution in [0.2, 0.25) is 0 Å². The first-order valence-electron chi connectivity index (χ1n) is 9.53. The molecule has 0 aliphatic carbocycles. The van der Waals surface area contributed by atoms with Crippen molar-refractivity contribution in [2.45, 2.75) is 25.9 Å². The summed E-state index contributed by atoms with van der Waals surface area (Å²) >= 11 is 0. The summed E-state index contributed by atoms with van der Waals surface area (Å²) < 4.78 is 2.13. The maximum atomic E-state index is 12.9. The van der Waals surface area contributed by atoms with Gasteiger partial charge in [0.25, 0.3) is 5.91 Å². The van der Waals surface area contributed by atoms with Crippen LogP contribution in [0.15, 0.2) is 60.7 Å². The molecule has 3 heterocycles. The highest BCUT2D eigenvalue weighted by molar-refractivity contribution is 5.93. The molecule has 2 aromatic carbocycles. The van der Waals surface area contributed by atoms with Gasteiger partial charge in [0.1, 0.15) is 11.5 Å². The number of aromatic nitrogens is 4. The van der Waals surface area contributed by atoms with Crippen molar-refractivity contribution in [2.75, 3.05) is 6.54 Å². The number of nitrogens with zero attached hydrogens (tertiary/aromatic N) is 4. The van der Waals surface area contributed by atoms with Crippen LogP contribution in [0.1, 0.15) is 40.0 Å². The summed E-state index contributed by atoms with van der Waals surface area (Å²) in [6, 6.07) is 20.2. The van der Waals surface area contributed by atoms with Gasteiger partial charge in [0.05, 0.1) is 29.3 Å². The topological polar surface area (TPSA) is 66.8 Å². The van der Waals surface area contributed by atoms with Crippen LogP contribution in [-0.2, 0) is 6.54 Å². The molecule has 0 unspecified atom stereocenters. The number of aromatic amines is 1. The van der Waals surface area contributed by atoms with E-state index in [1.54, 1.807) is 0 Å². The molecule has 140 valence electrons. The van der Waals surface area contributed by atoms with Crippen LogP contribution in [0.5, 0.6) is 0 Å². The molecule has 5 rings (SSSR count). The third kappa shape index (κ3) is 2.78. The zero-order valence-electron chi connectivity index (χ0n) is 15.7. The van der Waals surface area contributed by atoms with Crippen molar-refractivity contribution in [1.82, 2.24) is 24.6 Å². The predicted molar refractivity (Wildman–Crippen MR) is 107 cm³/mol. The number of carbonyl (C=O) groups is 1. The minimum Gasteiger partial charge on any atom is -0.330 e. The molecule has 0 radical (unpaired) electrons. The Morgan fingerprint density at radius 3 is 2.71 bits per heavy atom. The zero-order chi connectivity index (χ0) is 19.1. The smallest absolute Gasteiger partial charge is 0.274 e. The lowest BCUT2D eigenvalue weighted by Crippen LogP contribution is -2.45. The number of benzene rings is 2. The van der Waals surface area contributed by atoms with Crippen LogP contribution in [0, 0.1) is 6.92 Å². The fourth-order valence-electron chi connectivity index (χ4n) is 3.92. The number of H-pyrrole nitrogens is 1. The van der Waals surface area contributed by atoms with Gasteiger partial charge >= 0.3 is 0 Å². The summed E-state index contributed by atoms with van der Waals surface area (Å²) in [5.74, 6) is 0.922. The fourth-order valence-corrected chi connectivity index (χ4v) is 3.92. The minimum absolute atomic E-state index is 0.0187. The number of rotatable bonds is 4. The van der Waals surface area contributed by atoms with Crippen molar-refractivity contribution >= 4 is 16.9 Å². The molecule has 28 heavy (non-hydrogen) atoms. The van der Waals surface area contributed by atoms with Crippen molar-refractivity contribution in [1.29, 1.82) is 0 Å². The third-order valence-corrected chi connectivity index (χ3v) is 5.49. The van der Waals surface area contributed by atoms with E-state index in [2.05, 4.69) is 37.9 Å². The van der Waals surface area contributed by atoms with Crippen LogP contribution in [0.25, 0.3) is 11.0 Å². The summed E-state index contributed by atoms with van der Waals surface area (Å²) in [7, 11) is 0. The number of nitrogens with one attached hydrogen (secondary N) is 1. The Kier molecular flexibility index (Phi) is 3.97. The van der Waals surface area contributed by atoms with Gasteiger partial charge in [-0.15, -0.1) is 0 Å². The molecule has 0 spiro atoms. The van der Waals surface area contributed by atoms with E-state index < -0.39 is 0 Å². The summed E-state index contributed by atoms with van der Waals surface area (Å²) in [5, 5.41) is 7.32. The zero-order valence-corrected chi connectivity index (χ0v) is 15.7. The third-order valence-electron chi connectivity index (χ3n) is 5.49. The van der Waals surface area contributed by atoms with Crippen molar-refractivity contribution in [2.24, 2.45) is 0 Å². The lowest BCUT2D eigenvalue weighted by molar-refractivity contribution is 0.0454. The average molecular weight is 371 g/mol. The second-order valence-electron chi connectivity index (χ2n) is 7.23. The number of hydrogen-bond donors (Lipinski definition) is 1. The van der Waals surface area contributed by atoms with Crippen molar-refractivity contribution in [3.63, 3.8) is 0 Å². The molecule has 1 fully saturated rings. The Bertz CT molecular complexity index is 1140. The first-order chi connectivity index (χ1) is 13.7. The first kappa shape index (κ1) is 16.7. The van der Waals surface area contributed by atoms with Gasteiger partial charge in [-0.05, 0) is 37.1 Å². The molecule has 1 atom stereocenters. The second-order valence-corrected chi connectivity index (χ2v) is 7.23. The highest BCUT2D eigenvalue weighted by Crippen LogP contribution is 2.34. The van der Waals surface area contributed by atoms with Crippen LogP contribution < -0.4 is 0 Å². The molecule has 1 saturated heterocycles. The molecule has 1 aliphatic heterocycles. The first-order valence-corrected chi connectivity index (χ1v) is 9.53. The number of para-hydroxylation sites is 2. The summed E-state index contributed by atoms with van der Waals surface area (Å²) in [6.45, 7) is 3.37. The normalized spacial score (nSPS) is 16.3. The van der Waals surface area contributed by atoms with Gasteiger partial charge in [-0.25, -0.2) is 4.98 Å². The molecule has 1 N–H and O–H groups in total. The van der Waals surface area contributed by atoms with Crippen LogP contribution >= 0.6 is 0 Å². The van der Waals surface area contributed by atoms with Crippen molar-refractivity contribution in [3.05, 3.63) is 83.4 Å². The Balaban J connectivity index is 1.36. The van der Waals surface area contributed by atoms with Gasteiger partial charge in [0.2, 0.25) is 0 Å². The minimum atomic E-state index is -0.0187. The van der Waals surface area contributed by atoms with Gasteiger partial charge in [-0.2, -0.15) is 5.10 Å². The Morgan fingerprint density at radius 1 is 1.14 bits per heavy atom. The SMILES string of the molecule is Cc1nc2ccccc2n1Cc1cc(C(=O)N2CC[C@H]2c2ccccc2)n[nH]1. The van der Waals surface area contributed by atoms with Gasteiger partial charge in [0, 0.05) is 6.54 Å². The van der Waals surface area contributed by atoms with Crippen LogP contribution in [0.4, 0.5) is 0 Å². The van der Waals surface area contributed by atoms with E-state index in [9.17, 15) is 4.79 Å². The quantitative estimate of drug-likeness (QED) is 0.595. The van der Waals surface area contributed by atoms with Crippen molar-refractivity contribution in [3.8, 4) is 0 Å². The average Bonchev–Trinajstić information content (AvgIpc) is 3.27. The standard InChI is InChI=1S/C22H21N5O/c1-15-23-18-9-5-6-10-21(18)27(15)14-17-13-19(25-24-17)22(28)26-12-11-20(26)16-7-3-2-4-8-16/h2-10,13,20H,11-12,14H2,1H3,(H,24,25)/t20-/m0/s1. The monoisotopic (exact) mass is 371 g/mol. The van der Waals surface area contributed by atoms with E-state index in [4.69, 9.17) is 0 Å². The number of likely N-dealkylation sites (tertiary alicyclic amines) is 1. The molecule has 1 aliphatic rings. The molecule has 0 saturated carbocycles. The molecule has 4 aromatic rings. The van der Waals surface area contributed by atoms with E-state index in [-0.39, 0.29) is 11.9 Å². The Labute approximate surface area is 162 Å². The Hall–Kier alpha value is -3.41. The van der Waals surface area contributed by atoms with E-state index in [1.807, 2.05) is 54.3 Å². The fraction of sp³-hybridized carbons (Fsp3) is 0.227. The molecule has 0 bridgehead atoms. The second kappa shape index (κ2) is 6.64. The molecule has 2 aromatic heterocycles. The Morgan fingerprint density at radius 2 is 1.93 bits per heavy atom. The van der Waals surface area contributed by atoms with E-state index in [0.29, 0.717) is 12.2 Å². The molecule has 6 heteroatoms. The maximum Gasteiger partial charge on any atom is 0.274 e. The number of fused-ring (bicyclic) bond motifs is 1. The number of aryl methyl sites for hydroxylation is 1. The van der Waals surface area contributed by atoms with Crippen LogP contribution in [0.3, 0.4) is 0 Å². The molecule has 1 amide bonds. The lowest BCUT2D eigenvalue weighted by Gasteiger charge is -2.41. The van der Waals surface area contributed by atoms with Crippen LogP contribution in [-0.4, -0.2) is 37.1 Å². The maximum absolute atomic E-state index is 12.9.